The summed E-state index contributed by atoms with van der Waals surface area (Å²) in [5.41, 5.74) is 1.22. The van der Waals surface area contributed by atoms with E-state index in [9.17, 15) is 0 Å². The average molecular weight is 203 g/mol. The number of nitrogens with one attached hydrogen (secondary N) is 1. The van der Waals surface area contributed by atoms with E-state index in [0.29, 0.717) is 5.92 Å². The van der Waals surface area contributed by atoms with Gasteiger partial charge in [-0.1, -0.05) is 25.1 Å². The summed E-state index contributed by atoms with van der Waals surface area (Å²) in [7, 11) is 1.98. The molecule has 0 radical (unpaired) electrons. The van der Waals surface area contributed by atoms with Crippen molar-refractivity contribution < 1.29 is 0 Å². The van der Waals surface area contributed by atoms with Gasteiger partial charge in [0.2, 0.25) is 0 Å². The Hall–Kier alpha value is -1.35. The largest absolute Gasteiger partial charge is 0.319 e. The first-order chi connectivity index (χ1) is 7.31. The monoisotopic (exact) mass is 203 g/mol. The van der Waals surface area contributed by atoms with Gasteiger partial charge in [0.15, 0.2) is 0 Å². The molecule has 1 heterocycles. The lowest BCUT2D eigenvalue weighted by atomic mass is 10.2. The molecule has 0 amide bonds. The number of hydrogen-bond acceptors (Lipinski definition) is 2. The predicted molar refractivity (Wildman–Crippen MR) is 62.8 cm³/mol. The first-order valence-corrected chi connectivity index (χ1v) is 5.36. The number of para-hydroxylation sites is 1. The Labute approximate surface area is 90.1 Å². The average Bonchev–Trinajstić information content (AvgIpc) is 2.62. The van der Waals surface area contributed by atoms with Gasteiger partial charge in [0.05, 0.1) is 11.7 Å². The summed E-state index contributed by atoms with van der Waals surface area (Å²) in [5.74, 6) is 0.596. The van der Waals surface area contributed by atoms with E-state index in [1.54, 1.807) is 0 Å². The molecule has 1 aromatic carbocycles. The molecule has 1 aromatic heterocycles. The number of rotatable bonds is 4. The molecule has 0 fully saturated rings. The van der Waals surface area contributed by atoms with E-state index >= 15 is 0 Å². The molecular weight excluding hydrogens is 186 g/mol. The third-order valence-electron chi connectivity index (χ3n) is 2.59. The molecule has 80 valence electrons. The van der Waals surface area contributed by atoms with Crippen LogP contribution in [0.1, 0.15) is 6.92 Å². The molecule has 3 heteroatoms. The van der Waals surface area contributed by atoms with Crippen molar-refractivity contribution in [3.8, 4) is 0 Å². The van der Waals surface area contributed by atoms with E-state index in [-0.39, 0.29) is 0 Å². The zero-order valence-electron chi connectivity index (χ0n) is 9.27. The fraction of sp³-hybridized carbons (Fsp3) is 0.417. The number of fused-ring (bicyclic) bond motifs is 1. The minimum Gasteiger partial charge on any atom is -0.319 e. The Morgan fingerprint density at radius 3 is 3.00 bits per heavy atom. The molecule has 0 spiro atoms. The van der Waals surface area contributed by atoms with Gasteiger partial charge in [-0.15, -0.1) is 0 Å². The van der Waals surface area contributed by atoms with Crippen molar-refractivity contribution in [2.24, 2.45) is 5.92 Å². The summed E-state index contributed by atoms with van der Waals surface area (Å²) in [6.07, 6.45) is 1.93. The Balaban J connectivity index is 2.21. The van der Waals surface area contributed by atoms with Crippen LogP contribution in [0.4, 0.5) is 0 Å². The van der Waals surface area contributed by atoms with Gasteiger partial charge < -0.3 is 5.32 Å². The number of benzene rings is 1. The van der Waals surface area contributed by atoms with Crippen molar-refractivity contribution in [3.63, 3.8) is 0 Å². The zero-order chi connectivity index (χ0) is 10.7. The van der Waals surface area contributed by atoms with Crippen molar-refractivity contribution in [3.05, 3.63) is 30.5 Å². The lowest BCUT2D eigenvalue weighted by Gasteiger charge is -2.11. The molecule has 0 aliphatic carbocycles. The number of hydrogen-bond donors (Lipinski definition) is 1. The van der Waals surface area contributed by atoms with E-state index in [4.69, 9.17) is 0 Å². The van der Waals surface area contributed by atoms with Gasteiger partial charge in [-0.2, -0.15) is 5.10 Å². The molecule has 0 aliphatic rings. The summed E-state index contributed by atoms with van der Waals surface area (Å²) in [5, 5.41) is 8.81. The third kappa shape index (κ3) is 2.18. The van der Waals surface area contributed by atoms with E-state index < -0.39 is 0 Å². The lowest BCUT2D eigenvalue weighted by molar-refractivity contribution is 0.444. The number of aromatic nitrogens is 2. The van der Waals surface area contributed by atoms with Crippen LogP contribution in [-0.4, -0.2) is 23.4 Å². The SMILES string of the molecule is CNCC(C)Cn1ncc2ccccc21. The van der Waals surface area contributed by atoms with Crippen LogP contribution in [0.15, 0.2) is 30.5 Å². The molecule has 0 saturated heterocycles. The van der Waals surface area contributed by atoms with Crippen molar-refractivity contribution in [1.82, 2.24) is 15.1 Å². The second kappa shape index (κ2) is 4.45. The first-order valence-electron chi connectivity index (χ1n) is 5.36. The van der Waals surface area contributed by atoms with E-state index in [1.807, 2.05) is 19.3 Å². The molecule has 0 saturated carbocycles. The molecule has 0 bridgehead atoms. The second-order valence-electron chi connectivity index (χ2n) is 4.05. The maximum Gasteiger partial charge on any atom is 0.0682 e. The van der Waals surface area contributed by atoms with Crippen molar-refractivity contribution in [2.45, 2.75) is 13.5 Å². The van der Waals surface area contributed by atoms with Gasteiger partial charge in [-0.3, -0.25) is 4.68 Å². The summed E-state index contributed by atoms with van der Waals surface area (Å²) >= 11 is 0. The maximum absolute atomic E-state index is 4.41. The van der Waals surface area contributed by atoms with Crippen molar-refractivity contribution in [2.75, 3.05) is 13.6 Å². The standard InChI is InChI=1S/C12H17N3/c1-10(7-13-2)9-15-12-6-4-3-5-11(12)8-14-15/h3-6,8,10,13H,7,9H2,1-2H3. The normalized spacial score (nSPS) is 13.2. The van der Waals surface area contributed by atoms with E-state index in [1.165, 1.54) is 10.9 Å². The van der Waals surface area contributed by atoms with Crippen LogP contribution in [0.5, 0.6) is 0 Å². The maximum atomic E-state index is 4.41. The van der Waals surface area contributed by atoms with Gasteiger partial charge in [-0.05, 0) is 25.6 Å². The molecular formula is C12H17N3. The van der Waals surface area contributed by atoms with Crippen LogP contribution >= 0.6 is 0 Å². The van der Waals surface area contributed by atoms with Crippen LogP contribution in [0.25, 0.3) is 10.9 Å². The van der Waals surface area contributed by atoms with Crippen LogP contribution in [0.3, 0.4) is 0 Å². The quantitative estimate of drug-likeness (QED) is 0.822. The first kappa shape index (κ1) is 10.2. The highest BCUT2D eigenvalue weighted by Crippen LogP contribution is 2.13. The van der Waals surface area contributed by atoms with Crippen LogP contribution in [0, 0.1) is 5.92 Å². The smallest absolute Gasteiger partial charge is 0.0682 e. The highest BCUT2D eigenvalue weighted by Gasteiger charge is 2.05. The summed E-state index contributed by atoms with van der Waals surface area (Å²) in [4.78, 5) is 0. The van der Waals surface area contributed by atoms with Crippen molar-refractivity contribution >= 4 is 10.9 Å². The Morgan fingerprint density at radius 2 is 2.20 bits per heavy atom. The van der Waals surface area contributed by atoms with Gasteiger partial charge in [0.25, 0.3) is 0 Å². The predicted octanol–water partition coefficient (Wildman–Crippen LogP) is 1.89. The summed E-state index contributed by atoms with van der Waals surface area (Å²) in [6, 6.07) is 8.32. The van der Waals surface area contributed by atoms with E-state index in [2.05, 4.69) is 40.2 Å². The van der Waals surface area contributed by atoms with Crippen LogP contribution < -0.4 is 5.32 Å². The van der Waals surface area contributed by atoms with E-state index in [0.717, 1.165) is 13.1 Å². The highest BCUT2D eigenvalue weighted by molar-refractivity contribution is 5.78. The minimum absolute atomic E-state index is 0.596. The third-order valence-corrected chi connectivity index (χ3v) is 2.59. The second-order valence-corrected chi connectivity index (χ2v) is 4.05. The fourth-order valence-electron chi connectivity index (χ4n) is 1.88. The molecule has 1 unspecified atom stereocenters. The zero-order valence-corrected chi connectivity index (χ0v) is 9.27. The van der Waals surface area contributed by atoms with Gasteiger partial charge >= 0.3 is 0 Å². The van der Waals surface area contributed by atoms with Crippen molar-refractivity contribution in [1.29, 1.82) is 0 Å². The molecule has 1 N–H and O–H groups in total. The van der Waals surface area contributed by atoms with Crippen LogP contribution in [-0.2, 0) is 6.54 Å². The molecule has 2 aromatic rings. The molecule has 2 rings (SSSR count). The summed E-state index contributed by atoms with van der Waals surface area (Å²) < 4.78 is 2.08. The lowest BCUT2D eigenvalue weighted by Crippen LogP contribution is -2.21. The fourth-order valence-corrected chi connectivity index (χ4v) is 1.88. The molecule has 0 aliphatic heterocycles. The Kier molecular flexibility index (Phi) is 3.02. The van der Waals surface area contributed by atoms with Crippen LogP contribution in [0.2, 0.25) is 0 Å². The van der Waals surface area contributed by atoms with Gasteiger partial charge in [-0.25, -0.2) is 0 Å². The topological polar surface area (TPSA) is 29.9 Å². The summed E-state index contributed by atoms with van der Waals surface area (Å²) in [6.45, 7) is 4.22. The molecule has 15 heavy (non-hydrogen) atoms. The molecule has 1 atom stereocenters. The number of nitrogens with zero attached hydrogens (tertiary/aromatic N) is 2. The molecule has 3 nitrogen and oxygen atoms in total. The Bertz CT molecular complexity index is 433. The highest BCUT2D eigenvalue weighted by atomic mass is 15.3. The Morgan fingerprint density at radius 1 is 1.40 bits per heavy atom. The van der Waals surface area contributed by atoms with Gasteiger partial charge in [0, 0.05) is 11.9 Å². The minimum atomic E-state index is 0.596. The van der Waals surface area contributed by atoms with Gasteiger partial charge in [0.1, 0.15) is 0 Å².